The number of nitrogens with zero attached hydrogens (tertiary/aromatic N) is 7. The smallest absolute Gasteiger partial charge is 0.257 e. The van der Waals surface area contributed by atoms with Crippen LogP contribution in [0.15, 0.2) is 73.2 Å². The minimum atomic E-state index is -0.244. The molecule has 3 aromatic heterocycles. The van der Waals surface area contributed by atoms with Gasteiger partial charge in [0.1, 0.15) is 5.82 Å². The van der Waals surface area contributed by atoms with Crippen LogP contribution in [0.25, 0.3) is 11.4 Å². The van der Waals surface area contributed by atoms with Crippen molar-refractivity contribution in [3.05, 3.63) is 78.8 Å². The van der Waals surface area contributed by atoms with Crippen LogP contribution in [0, 0.1) is 0 Å². The number of benzene rings is 1. The number of hydrogen-bond donors (Lipinski definition) is 3. The van der Waals surface area contributed by atoms with Crippen molar-refractivity contribution in [2.75, 3.05) is 54.9 Å². The molecule has 0 saturated carbocycles. The van der Waals surface area contributed by atoms with Crippen LogP contribution in [0.5, 0.6) is 0 Å². The van der Waals surface area contributed by atoms with E-state index in [-0.39, 0.29) is 12.5 Å². The average molecular weight is 498 g/mol. The standard InChI is InChI=1S/C26H27N9O2/c36-16-15-34-11-13-35(14-12-34)26-32-23(19-5-4-10-27-17-19)31-25(33-26)30-22-9-8-20(18-28-22)24(37)29-21-6-2-1-3-7-21/h1-10,17-18,36H,11-16H2,(H,29,37)(H,28,30,31,32,33). The lowest BCUT2D eigenvalue weighted by Gasteiger charge is -2.34. The predicted octanol–water partition coefficient (Wildman–Crippen LogP) is 2.44. The molecule has 1 aliphatic heterocycles. The average Bonchev–Trinajstić information content (AvgIpc) is 2.95. The van der Waals surface area contributed by atoms with E-state index in [0.29, 0.717) is 41.3 Å². The molecule has 0 unspecified atom stereocenters. The minimum Gasteiger partial charge on any atom is -0.395 e. The molecule has 0 aliphatic carbocycles. The molecule has 11 heteroatoms. The third-order valence-electron chi connectivity index (χ3n) is 5.91. The van der Waals surface area contributed by atoms with E-state index in [0.717, 1.165) is 31.7 Å². The highest BCUT2D eigenvalue weighted by Crippen LogP contribution is 2.22. The summed E-state index contributed by atoms with van der Waals surface area (Å²) in [6, 6.07) is 16.4. The monoisotopic (exact) mass is 497 g/mol. The number of carbonyl (C=O) groups is 1. The maximum absolute atomic E-state index is 12.5. The molecule has 3 N–H and O–H groups in total. The zero-order valence-corrected chi connectivity index (χ0v) is 20.2. The van der Waals surface area contributed by atoms with Crippen molar-refractivity contribution in [1.29, 1.82) is 0 Å². The first-order valence-electron chi connectivity index (χ1n) is 12.0. The van der Waals surface area contributed by atoms with Gasteiger partial charge >= 0.3 is 0 Å². The zero-order valence-electron chi connectivity index (χ0n) is 20.2. The third kappa shape index (κ3) is 6.21. The van der Waals surface area contributed by atoms with Crippen LogP contribution in [-0.2, 0) is 0 Å². The van der Waals surface area contributed by atoms with E-state index in [1.54, 1.807) is 24.5 Å². The molecule has 188 valence electrons. The molecule has 0 atom stereocenters. The summed E-state index contributed by atoms with van der Waals surface area (Å²) in [5.41, 5.74) is 1.92. The second-order valence-electron chi connectivity index (χ2n) is 8.45. The van der Waals surface area contributed by atoms with Crippen LogP contribution in [-0.4, -0.2) is 80.2 Å². The van der Waals surface area contributed by atoms with Gasteiger partial charge in [0.15, 0.2) is 5.82 Å². The Hall–Kier alpha value is -4.48. The highest BCUT2D eigenvalue weighted by atomic mass is 16.3. The number of piperazine rings is 1. The molecule has 1 aromatic carbocycles. The summed E-state index contributed by atoms with van der Waals surface area (Å²) >= 11 is 0. The van der Waals surface area contributed by atoms with Crippen LogP contribution in [0.2, 0.25) is 0 Å². The number of aromatic nitrogens is 5. The van der Waals surface area contributed by atoms with Gasteiger partial charge in [-0.1, -0.05) is 18.2 Å². The van der Waals surface area contributed by atoms with Crippen molar-refractivity contribution in [2.45, 2.75) is 0 Å². The Morgan fingerprint density at radius 3 is 2.46 bits per heavy atom. The number of pyridine rings is 2. The Balaban J connectivity index is 1.34. The number of anilines is 4. The first-order valence-corrected chi connectivity index (χ1v) is 12.0. The maximum atomic E-state index is 12.5. The Morgan fingerprint density at radius 1 is 0.919 bits per heavy atom. The highest BCUT2D eigenvalue weighted by Gasteiger charge is 2.21. The highest BCUT2D eigenvalue weighted by molar-refractivity contribution is 6.04. The number of para-hydroxylation sites is 1. The minimum absolute atomic E-state index is 0.144. The summed E-state index contributed by atoms with van der Waals surface area (Å²) in [7, 11) is 0. The topological polar surface area (TPSA) is 132 Å². The molecule has 1 aliphatic rings. The molecule has 11 nitrogen and oxygen atoms in total. The number of amides is 1. The molecule has 5 rings (SSSR count). The summed E-state index contributed by atoms with van der Waals surface area (Å²) in [6.07, 6.45) is 4.91. The second-order valence-corrected chi connectivity index (χ2v) is 8.45. The lowest BCUT2D eigenvalue weighted by atomic mass is 10.2. The van der Waals surface area contributed by atoms with Crippen molar-refractivity contribution < 1.29 is 9.90 Å². The van der Waals surface area contributed by atoms with Gasteiger partial charge in [0.05, 0.1) is 12.2 Å². The number of hydrogen-bond acceptors (Lipinski definition) is 10. The Bertz CT molecular complexity index is 1310. The van der Waals surface area contributed by atoms with Crippen molar-refractivity contribution in [3.8, 4) is 11.4 Å². The molecule has 0 bridgehead atoms. The number of aliphatic hydroxyl groups excluding tert-OH is 1. The molecule has 4 heterocycles. The lowest BCUT2D eigenvalue weighted by molar-refractivity contribution is 0.102. The second kappa shape index (κ2) is 11.5. The normalized spacial score (nSPS) is 13.8. The van der Waals surface area contributed by atoms with Gasteiger partial charge in [-0.25, -0.2) is 4.98 Å². The largest absolute Gasteiger partial charge is 0.395 e. The quantitative estimate of drug-likeness (QED) is 0.333. The van der Waals surface area contributed by atoms with Gasteiger partial charge in [-0.15, -0.1) is 0 Å². The van der Waals surface area contributed by atoms with Crippen molar-refractivity contribution in [1.82, 2.24) is 29.8 Å². The molecule has 4 aromatic rings. The lowest BCUT2D eigenvalue weighted by Crippen LogP contribution is -2.47. The Labute approximate surface area is 214 Å². The summed E-state index contributed by atoms with van der Waals surface area (Å²) < 4.78 is 0. The molecule has 1 fully saturated rings. The van der Waals surface area contributed by atoms with Gasteiger partial charge in [0.25, 0.3) is 5.91 Å². The summed E-state index contributed by atoms with van der Waals surface area (Å²) in [5, 5.41) is 15.2. The fraction of sp³-hybridized carbons (Fsp3) is 0.231. The van der Waals surface area contributed by atoms with Gasteiger partial charge in [0, 0.05) is 62.6 Å². The van der Waals surface area contributed by atoms with Gasteiger partial charge in [-0.2, -0.15) is 15.0 Å². The fourth-order valence-electron chi connectivity index (χ4n) is 3.94. The molecule has 1 saturated heterocycles. The van der Waals surface area contributed by atoms with Crippen LogP contribution in [0.4, 0.5) is 23.4 Å². The molecule has 0 radical (unpaired) electrons. The zero-order chi connectivity index (χ0) is 25.5. The van der Waals surface area contributed by atoms with Crippen molar-refractivity contribution in [2.24, 2.45) is 0 Å². The van der Waals surface area contributed by atoms with Crippen LogP contribution in [0.1, 0.15) is 10.4 Å². The van der Waals surface area contributed by atoms with E-state index < -0.39 is 0 Å². The van der Waals surface area contributed by atoms with Crippen molar-refractivity contribution in [3.63, 3.8) is 0 Å². The molecule has 0 spiro atoms. The van der Waals surface area contributed by atoms with Crippen LogP contribution in [0.3, 0.4) is 0 Å². The first-order chi connectivity index (χ1) is 18.2. The SMILES string of the molecule is O=C(Nc1ccccc1)c1ccc(Nc2nc(-c3cccnc3)nc(N3CCN(CCO)CC3)n2)nc1. The number of nitrogens with one attached hydrogen (secondary N) is 2. The Kier molecular flexibility index (Phi) is 7.53. The van der Waals surface area contributed by atoms with E-state index in [2.05, 4.69) is 40.4 Å². The van der Waals surface area contributed by atoms with Gasteiger partial charge in [-0.3, -0.25) is 14.7 Å². The van der Waals surface area contributed by atoms with E-state index in [4.69, 9.17) is 4.98 Å². The van der Waals surface area contributed by atoms with Gasteiger partial charge < -0.3 is 20.6 Å². The fourth-order valence-corrected chi connectivity index (χ4v) is 3.94. The third-order valence-corrected chi connectivity index (χ3v) is 5.91. The molecule has 1 amide bonds. The summed E-state index contributed by atoms with van der Waals surface area (Å²) in [5.74, 6) is 1.65. The number of rotatable bonds is 8. The van der Waals surface area contributed by atoms with Crippen LogP contribution >= 0.6 is 0 Å². The molecular weight excluding hydrogens is 470 g/mol. The molecular formula is C26H27N9O2. The van der Waals surface area contributed by atoms with E-state index >= 15 is 0 Å². The maximum Gasteiger partial charge on any atom is 0.257 e. The number of β-amino-alcohol motifs (C(OH)–C–C–N with tert-alkyl or cyclic N) is 1. The van der Waals surface area contributed by atoms with E-state index in [9.17, 15) is 9.90 Å². The first kappa shape index (κ1) is 24.2. The van der Waals surface area contributed by atoms with E-state index in [1.165, 1.54) is 6.20 Å². The number of carbonyl (C=O) groups excluding carboxylic acids is 1. The van der Waals surface area contributed by atoms with Gasteiger partial charge in [-0.05, 0) is 36.4 Å². The summed E-state index contributed by atoms with van der Waals surface area (Å²) in [6.45, 7) is 3.89. The Morgan fingerprint density at radius 2 is 1.76 bits per heavy atom. The van der Waals surface area contributed by atoms with Crippen LogP contribution < -0.4 is 15.5 Å². The molecule has 37 heavy (non-hydrogen) atoms. The predicted molar refractivity (Wildman–Crippen MR) is 141 cm³/mol. The van der Waals surface area contributed by atoms with Crippen molar-refractivity contribution >= 4 is 29.3 Å². The van der Waals surface area contributed by atoms with Gasteiger partial charge in [0.2, 0.25) is 11.9 Å². The summed E-state index contributed by atoms with van der Waals surface area (Å²) in [4.78, 5) is 39.4. The number of aliphatic hydroxyl groups is 1. The van der Waals surface area contributed by atoms with E-state index in [1.807, 2.05) is 42.5 Å².